The number of hydrogen-bond acceptors (Lipinski definition) is 3. The standard InChI is InChI=1S/C26H24O2S/c1-28-26(27)24-16-23(21-14-6-10-17-8-2-4-12-19(17)21)25(29-24)22-15-7-11-18-9-3-5-13-20(18)22/h2-5,8-9,12-16,23,25H,6-7,10-11H2,1H3/t23-,25-/m1/s1. The molecule has 0 unspecified atom stereocenters. The smallest absolute Gasteiger partial charge is 0.344 e. The van der Waals surface area contributed by atoms with Crippen LogP contribution in [0.3, 0.4) is 0 Å². The molecule has 0 aromatic heterocycles. The van der Waals surface area contributed by atoms with Crippen molar-refractivity contribution in [2.75, 3.05) is 7.11 Å². The van der Waals surface area contributed by atoms with Gasteiger partial charge in [0, 0.05) is 11.2 Å². The molecule has 29 heavy (non-hydrogen) atoms. The highest BCUT2D eigenvalue weighted by molar-refractivity contribution is 8.05. The summed E-state index contributed by atoms with van der Waals surface area (Å²) in [5.41, 5.74) is 8.21. The summed E-state index contributed by atoms with van der Waals surface area (Å²) in [6.45, 7) is 0. The fourth-order valence-corrected chi connectivity index (χ4v) is 6.24. The zero-order chi connectivity index (χ0) is 19.8. The van der Waals surface area contributed by atoms with Crippen LogP contribution in [0.1, 0.15) is 35.1 Å². The van der Waals surface area contributed by atoms with Crippen LogP contribution >= 0.6 is 11.8 Å². The second-order valence-electron chi connectivity index (χ2n) is 7.80. The molecule has 0 bridgehead atoms. The van der Waals surface area contributed by atoms with Crippen LogP contribution in [0.2, 0.25) is 0 Å². The average molecular weight is 401 g/mol. The average Bonchev–Trinajstić information content (AvgIpc) is 3.23. The normalized spacial score (nSPS) is 22.7. The number of allylic oxidation sites excluding steroid dienone is 4. The maximum atomic E-state index is 12.4. The number of rotatable bonds is 3. The van der Waals surface area contributed by atoms with E-state index in [1.54, 1.807) is 11.8 Å². The third kappa shape index (κ3) is 3.28. The molecule has 3 heteroatoms. The Hall–Kier alpha value is -2.52. The SMILES string of the molecule is COC(=O)C1=C[C@H](C2=CCCc3ccccc32)[C@@H](C2=CCCc3ccccc32)S1. The first-order chi connectivity index (χ1) is 14.3. The summed E-state index contributed by atoms with van der Waals surface area (Å²) >= 11 is 1.67. The number of thioether (sulfide) groups is 1. The molecule has 0 amide bonds. The van der Waals surface area contributed by atoms with Crippen molar-refractivity contribution in [3.05, 3.63) is 93.9 Å². The molecule has 2 nitrogen and oxygen atoms in total. The lowest BCUT2D eigenvalue weighted by molar-refractivity contribution is -0.135. The molecule has 146 valence electrons. The summed E-state index contributed by atoms with van der Waals surface area (Å²) in [4.78, 5) is 13.1. The first kappa shape index (κ1) is 18.5. The fourth-order valence-electron chi connectivity index (χ4n) is 4.84. The van der Waals surface area contributed by atoms with Crippen LogP contribution in [0.15, 0.2) is 71.7 Å². The van der Waals surface area contributed by atoms with Crippen molar-refractivity contribution in [1.29, 1.82) is 0 Å². The molecule has 2 aromatic rings. The van der Waals surface area contributed by atoms with Gasteiger partial charge in [-0.3, -0.25) is 0 Å². The predicted octanol–water partition coefficient (Wildman–Crippen LogP) is 5.83. The molecular formula is C26H24O2S. The second-order valence-corrected chi connectivity index (χ2v) is 8.98. The highest BCUT2D eigenvalue weighted by Crippen LogP contribution is 2.51. The van der Waals surface area contributed by atoms with Crippen molar-refractivity contribution in [3.63, 3.8) is 0 Å². The van der Waals surface area contributed by atoms with E-state index in [2.05, 4.69) is 66.8 Å². The monoisotopic (exact) mass is 400 g/mol. The Bertz CT molecular complexity index is 1060. The van der Waals surface area contributed by atoms with Crippen LogP contribution in [0.4, 0.5) is 0 Å². The first-order valence-corrected chi connectivity index (χ1v) is 11.2. The van der Waals surface area contributed by atoms with Crippen LogP contribution < -0.4 is 0 Å². The van der Waals surface area contributed by atoms with Gasteiger partial charge in [-0.15, -0.1) is 11.8 Å². The van der Waals surface area contributed by atoms with E-state index in [0.717, 1.165) is 30.6 Å². The fraction of sp³-hybridized carbons (Fsp3) is 0.269. The van der Waals surface area contributed by atoms with E-state index in [9.17, 15) is 4.79 Å². The number of carbonyl (C=O) groups excluding carboxylic acids is 1. The molecule has 5 rings (SSSR count). The van der Waals surface area contributed by atoms with Gasteiger partial charge in [-0.2, -0.15) is 0 Å². The molecule has 3 aliphatic rings. The molecule has 0 radical (unpaired) electrons. The summed E-state index contributed by atoms with van der Waals surface area (Å²) in [5, 5.41) is 0.197. The maximum absolute atomic E-state index is 12.4. The molecular weight excluding hydrogens is 376 g/mol. The number of ether oxygens (including phenoxy) is 1. The molecule has 0 fully saturated rings. The quantitative estimate of drug-likeness (QED) is 0.606. The second kappa shape index (κ2) is 7.72. The van der Waals surface area contributed by atoms with Gasteiger partial charge in [-0.25, -0.2) is 4.79 Å². The zero-order valence-electron chi connectivity index (χ0n) is 16.6. The van der Waals surface area contributed by atoms with E-state index in [-0.39, 0.29) is 17.1 Å². The number of fused-ring (bicyclic) bond motifs is 2. The van der Waals surface area contributed by atoms with E-state index >= 15 is 0 Å². The van der Waals surface area contributed by atoms with E-state index in [4.69, 9.17) is 4.74 Å². The number of aryl methyl sites for hydroxylation is 2. The highest BCUT2D eigenvalue weighted by Gasteiger charge is 2.38. The van der Waals surface area contributed by atoms with Gasteiger partial charge in [-0.1, -0.05) is 66.8 Å². The number of methoxy groups -OCH3 is 1. The van der Waals surface area contributed by atoms with Gasteiger partial charge in [0.15, 0.2) is 0 Å². The Morgan fingerprint density at radius 1 is 0.897 bits per heavy atom. The van der Waals surface area contributed by atoms with Crippen molar-refractivity contribution in [2.24, 2.45) is 5.92 Å². The van der Waals surface area contributed by atoms with E-state index < -0.39 is 0 Å². The number of esters is 1. The van der Waals surface area contributed by atoms with Crippen molar-refractivity contribution < 1.29 is 9.53 Å². The Kier molecular flexibility index (Phi) is 4.92. The topological polar surface area (TPSA) is 26.3 Å². The molecule has 2 aromatic carbocycles. The predicted molar refractivity (Wildman–Crippen MR) is 120 cm³/mol. The minimum Gasteiger partial charge on any atom is -0.465 e. The van der Waals surface area contributed by atoms with Gasteiger partial charge in [0.1, 0.15) is 0 Å². The maximum Gasteiger partial charge on any atom is 0.344 e. The van der Waals surface area contributed by atoms with Crippen LogP contribution in [0, 0.1) is 5.92 Å². The highest BCUT2D eigenvalue weighted by atomic mass is 32.2. The summed E-state index contributed by atoms with van der Waals surface area (Å²) in [6, 6.07) is 17.4. The van der Waals surface area contributed by atoms with Crippen LogP contribution in [-0.4, -0.2) is 18.3 Å². The van der Waals surface area contributed by atoms with Gasteiger partial charge in [-0.05, 0) is 59.1 Å². The number of benzene rings is 2. The van der Waals surface area contributed by atoms with Gasteiger partial charge < -0.3 is 4.74 Å². The molecule has 0 saturated heterocycles. The van der Waals surface area contributed by atoms with E-state index in [1.807, 2.05) is 0 Å². The third-order valence-electron chi connectivity index (χ3n) is 6.18. The van der Waals surface area contributed by atoms with Gasteiger partial charge in [0.25, 0.3) is 0 Å². The minimum absolute atomic E-state index is 0.174. The summed E-state index contributed by atoms with van der Waals surface area (Å²) in [5.74, 6) is -0.0511. The van der Waals surface area contributed by atoms with Crippen molar-refractivity contribution in [2.45, 2.75) is 30.9 Å². The van der Waals surface area contributed by atoms with Crippen LogP contribution in [0.5, 0.6) is 0 Å². The molecule has 0 saturated carbocycles. The van der Waals surface area contributed by atoms with Crippen molar-refractivity contribution in [3.8, 4) is 0 Å². The molecule has 2 atom stereocenters. The summed E-state index contributed by atoms with van der Waals surface area (Å²) in [6.07, 6.45) is 11.2. The van der Waals surface area contributed by atoms with Crippen molar-refractivity contribution in [1.82, 2.24) is 0 Å². The van der Waals surface area contributed by atoms with Gasteiger partial charge in [0.2, 0.25) is 0 Å². The zero-order valence-corrected chi connectivity index (χ0v) is 17.4. The van der Waals surface area contributed by atoms with Gasteiger partial charge in [0.05, 0.1) is 12.0 Å². The van der Waals surface area contributed by atoms with Crippen LogP contribution in [0.25, 0.3) is 11.1 Å². The molecule has 1 aliphatic heterocycles. The Labute approximate surface area is 176 Å². The Morgan fingerprint density at radius 3 is 2.14 bits per heavy atom. The van der Waals surface area contributed by atoms with Crippen molar-refractivity contribution >= 4 is 28.9 Å². The van der Waals surface area contributed by atoms with E-state index in [1.165, 1.54) is 40.5 Å². The summed E-state index contributed by atoms with van der Waals surface area (Å²) in [7, 11) is 1.47. The lowest BCUT2D eigenvalue weighted by atomic mass is 9.78. The number of hydrogen-bond donors (Lipinski definition) is 0. The third-order valence-corrected chi connectivity index (χ3v) is 7.53. The molecule has 0 spiro atoms. The molecule has 1 heterocycles. The lowest BCUT2D eigenvalue weighted by Crippen LogP contribution is -2.19. The summed E-state index contributed by atoms with van der Waals surface area (Å²) < 4.78 is 5.08. The molecule has 0 N–H and O–H groups in total. The lowest BCUT2D eigenvalue weighted by Gasteiger charge is -2.30. The van der Waals surface area contributed by atoms with Crippen LogP contribution in [-0.2, 0) is 22.4 Å². The Morgan fingerprint density at radius 2 is 1.48 bits per heavy atom. The first-order valence-electron chi connectivity index (χ1n) is 10.3. The number of carbonyl (C=O) groups is 1. The van der Waals surface area contributed by atoms with Gasteiger partial charge >= 0.3 is 5.97 Å². The minimum atomic E-state index is -0.225. The largest absolute Gasteiger partial charge is 0.465 e. The van der Waals surface area contributed by atoms with E-state index in [0.29, 0.717) is 0 Å². The Balaban J connectivity index is 1.60. The molecule has 2 aliphatic carbocycles.